The minimum Gasteiger partial charge on any atom is -0.267 e. The van der Waals surface area contributed by atoms with Gasteiger partial charge >= 0.3 is 0 Å². The van der Waals surface area contributed by atoms with Crippen LogP contribution in [0.3, 0.4) is 0 Å². The molecule has 0 N–H and O–H groups in total. The molecule has 0 unspecified atom stereocenters. The first-order valence-corrected chi connectivity index (χ1v) is 3.28. The lowest BCUT2D eigenvalue weighted by Gasteiger charge is -1.77. The molecule has 1 heterocycles. The standard InChI is InChI=1S/C6H5NOS/c1-2-4-7-6(8)3-5-9-7/h3,5H,1H3. The Hall–Kier alpha value is -1.01. The second-order valence-electron chi connectivity index (χ2n) is 1.40. The first-order valence-electron chi connectivity index (χ1n) is 2.44. The van der Waals surface area contributed by atoms with Gasteiger partial charge in [-0.3, -0.25) is 4.79 Å². The molecule has 0 spiro atoms. The van der Waals surface area contributed by atoms with Crippen LogP contribution in [0.4, 0.5) is 0 Å². The third-order valence-corrected chi connectivity index (χ3v) is 1.53. The fourth-order valence-corrected chi connectivity index (χ4v) is 1.06. The molecule has 0 radical (unpaired) electrons. The summed E-state index contributed by atoms with van der Waals surface area (Å²) in [6.07, 6.45) is 0. The highest BCUT2D eigenvalue weighted by Crippen LogP contribution is 1.87. The third kappa shape index (κ3) is 1.21. The van der Waals surface area contributed by atoms with E-state index in [4.69, 9.17) is 0 Å². The fraction of sp³-hybridized carbons (Fsp3) is 0.167. The molecule has 1 rings (SSSR count). The van der Waals surface area contributed by atoms with Crippen molar-refractivity contribution >= 4 is 11.5 Å². The second kappa shape index (κ2) is 2.51. The van der Waals surface area contributed by atoms with Gasteiger partial charge in [-0.2, -0.15) is 3.96 Å². The Kier molecular flexibility index (Phi) is 1.71. The molecule has 0 aliphatic rings. The van der Waals surface area contributed by atoms with Gasteiger partial charge in [-0.25, -0.2) is 0 Å². The molecule has 0 aromatic carbocycles. The normalized spacial score (nSPS) is 8.11. The van der Waals surface area contributed by atoms with Crippen molar-refractivity contribution in [2.45, 2.75) is 6.92 Å². The highest BCUT2D eigenvalue weighted by atomic mass is 32.1. The molecule has 1 aromatic heterocycles. The van der Waals surface area contributed by atoms with Crippen molar-refractivity contribution in [3.8, 4) is 12.0 Å². The molecule has 0 fully saturated rings. The van der Waals surface area contributed by atoms with Gasteiger partial charge in [0.25, 0.3) is 5.56 Å². The third-order valence-electron chi connectivity index (χ3n) is 0.790. The largest absolute Gasteiger partial charge is 0.272 e. The van der Waals surface area contributed by atoms with Crippen LogP contribution in [-0.4, -0.2) is 3.96 Å². The van der Waals surface area contributed by atoms with Crippen molar-refractivity contribution in [1.29, 1.82) is 0 Å². The molecular formula is C6H5NOS. The Labute approximate surface area is 56.9 Å². The van der Waals surface area contributed by atoms with Crippen LogP contribution in [-0.2, 0) is 0 Å². The van der Waals surface area contributed by atoms with Crippen LogP contribution < -0.4 is 5.56 Å². The molecule has 9 heavy (non-hydrogen) atoms. The Balaban J connectivity index is 3.19. The quantitative estimate of drug-likeness (QED) is 0.486. The maximum atomic E-state index is 10.7. The average Bonchev–Trinajstić information content (AvgIpc) is 2.18. The number of hydrogen-bond acceptors (Lipinski definition) is 2. The zero-order valence-corrected chi connectivity index (χ0v) is 5.73. The van der Waals surface area contributed by atoms with E-state index in [2.05, 4.69) is 12.0 Å². The number of rotatable bonds is 0. The van der Waals surface area contributed by atoms with E-state index in [0.29, 0.717) is 0 Å². The second-order valence-corrected chi connectivity index (χ2v) is 2.25. The minimum absolute atomic E-state index is 0.0469. The molecule has 0 atom stereocenters. The van der Waals surface area contributed by atoms with Crippen LogP contribution in [0.25, 0.3) is 0 Å². The predicted octanol–water partition coefficient (Wildman–Crippen LogP) is 0.739. The summed E-state index contributed by atoms with van der Waals surface area (Å²) >= 11 is 1.30. The summed E-state index contributed by atoms with van der Waals surface area (Å²) < 4.78 is 1.39. The van der Waals surface area contributed by atoms with Crippen molar-refractivity contribution in [2.24, 2.45) is 0 Å². The van der Waals surface area contributed by atoms with Crippen LogP contribution in [0, 0.1) is 12.0 Å². The van der Waals surface area contributed by atoms with Crippen molar-refractivity contribution in [3.05, 3.63) is 21.8 Å². The lowest BCUT2D eigenvalue weighted by molar-refractivity contribution is 1.20. The molecule has 0 saturated heterocycles. The summed E-state index contributed by atoms with van der Waals surface area (Å²) in [5.41, 5.74) is -0.0469. The van der Waals surface area contributed by atoms with E-state index in [0.717, 1.165) is 0 Å². The predicted molar refractivity (Wildman–Crippen MR) is 37.4 cm³/mol. The summed E-state index contributed by atoms with van der Waals surface area (Å²) in [4.78, 5) is 10.7. The van der Waals surface area contributed by atoms with E-state index in [-0.39, 0.29) is 5.56 Å². The van der Waals surface area contributed by atoms with Gasteiger partial charge in [-0.1, -0.05) is 17.5 Å². The van der Waals surface area contributed by atoms with Crippen molar-refractivity contribution in [2.75, 3.05) is 0 Å². The van der Waals surface area contributed by atoms with E-state index in [1.165, 1.54) is 21.6 Å². The number of hydrogen-bond donors (Lipinski definition) is 0. The van der Waals surface area contributed by atoms with Gasteiger partial charge in [-0.15, -0.1) is 0 Å². The van der Waals surface area contributed by atoms with Gasteiger partial charge in [-0.05, 0) is 6.92 Å². The van der Waals surface area contributed by atoms with Crippen molar-refractivity contribution in [1.82, 2.24) is 3.96 Å². The molecule has 3 heteroatoms. The van der Waals surface area contributed by atoms with E-state index < -0.39 is 0 Å². The topological polar surface area (TPSA) is 22.0 Å². The van der Waals surface area contributed by atoms with Crippen LogP contribution in [0.2, 0.25) is 0 Å². The van der Waals surface area contributed by atoms with Gasteiger partial charge in [0.2, 0.25) is 0 Å². The SMILES string of the molecule is CC#Cn1sccc1=O. The zero-order chi connectivity index (χ0) is 6.69. The Morgan fingerprint density at radius 2 is 2.56 bits per heavy atom. The lowest BCUT2D eigenvalue weighted by Crippen LogP contribution is -2.05. The van der Waals surface area contributed by atoms with Crippen LogP contribution in [0.5, 0.6) is 0 Å². The van der Waals surface area contributed by atoms with E-state index in [9.17, 15) is 4.79 Å². The molecule has 0 amide bonds. The molecule has 1 aromatic rings. The Morgan fingerprint density at radius 1 is 1.78 bits per heavy atom. The highest BCUT2D eigenvalue weighted by molar-refractivity contribution is 7.04. The Morgan fingerprint density at radius 3 is 3.00 bits per heavy atom. The van der Waals surface area contributed by atoms with Gasteiger partial charge in [0.15, 0.2) is 0 Å². The number of nitrogens with zero attached hydrogens (tertiary/aromatic N) is 1. The molecule has 2 nitrogen and oxygen atoms in total. The highest BCUT2D eigenvalue weighted by Gasteiger charge is 1.87. The number of aromatic nitrogens is 1. The summed E-state index contributed by atoms with van der Waals surface area (Å²) in [6, 6.07) is 4.12. The smallest absolute Gasteiger partial charge is 0.267 e. The lowest BCUT2D eigenvalue weighted by atomic mass is 10.7. The fourth-order valence-electron chi connectivity index (χ4n) is 0.452. The van der Waals surface area contributed by atoms with Gasteiger partial charge in [0.1, 0.15) is 0 Å². The summed E-state index contributed by atoms with van der Waals surface area (Å²) in [5.74, 6) is 2.63. The van der Waals surface area contributed by atoms with E-state index in [1.54, 1.807) is 12.3 Å². The molecule has 0 saturated carbocycles. The average molecular weight is 139 g/mol. The first kappa shape index (κ1) is 6.12. The summed E-state index contributed by atoms with van der Waals surface area (Å²) in [6.45, 7) is 1.70. The van der Waals surface area contributed by atoms with Crippen LogP contribution >= 0.6 is 11.5 Å². The minimum atomic E-state index is -0.0469. The summed E-state index contributed by atoms with van der Waals surface area (Å²) in [7, 11) is 0. The molecule has 46 valence electrons. The molecule has 0 bridgehead atoms. The zero-order valence-electron chi connectivity index (χ0n) is 4.92. The van der Waals surface area contributed by atoms with Crippen molar-refractivity contribution < 1.29 is 0 Å². The van der Waals surface area contributed by atoms with Crippen molar-refractivity contribution in [3.63, 3.8) is 0 Å². The van der Waals surface area contributed by atoms with Gasteiger partial charge < -0.3 is 0 Å². The van der Waals surface area contributed by atoms with E-state index in [1.807, 2.05) is 0 Å². The molecule has 0 aliphatic carbocycles. The molecular weight excluding hydrogens is 134 g/mol. The first-order chi connectivity index (χ1) is 4.34. The van der Waals surface area contributed by atoms with E-state index >= 15 is 0 Å². The molecule has 0 aliphatic heterocycles. The van der Waals surface area contributed by atoms with Crippen LogP contribution in [0.15, 0.2) is 16.2 Å². The maximum absolute atomic E-state index is 10.7. The summed E-state index contributed by atoms with van der Waals surface area (Å²) in [5, 5.41) is 1.71. The van der Waals surface area contributed by atoms with Crippen LogP contribution in [0.1, 0.15) is 6.92 Å². The monoisotopic (exact) mass is 139 g/mol. The Bertz CT molecular complexity index is 299. The van der Waals surface area contributed by atoms with Gasteiger partial charge in [0.05, 0.1) is 0 Å². The maximum Gasteiger partial charge on any atom is 0.272 e. The van der Waals surface area contributed by atoms with Gasteiger partial charge in [0, 0.05) is 17.5 Å².